The number of ether oxygens (including phenoxy) is 1. The van der Waals surface area contributed by atoms with E-state index in [1.165, 1.54) is 6.08 Å². The van der Waals surface area contributed by atoms with Gasteiger partial charge in [-0.2, -0.15) is 0 Å². The molecule has 0 unspecified atom stereocenters. The number of hydrogen-bond acceptors (Lipinski definition) is 3. The lowest BCUT2D eigenvalue weighted by molar-refractivity contribution is -0.133. The van der Waals surface area contributed by atoms with Gasteiger partial charge in [0.25, 0.3) is 5.91 Å². The third-order valence-corrected chi connectivity index (χ3v) is 1.42. The molecule has 0 spiro atoms. The second-order valence-corrected chi connectivity index (χ2v) is 2.41. The monoisotopic (exact) mass is 188 g/mol. The molecule has 5 nitrogen and oxygen atoms in total. The van der Waals surface area contributed by atoms with Gasteiger partial charge in [-0.3, -0.25) is 10.1 Å². The molecule has 0 radical (unpaired) electrons. The van der Waals surface area contributed by atoms with Crippen LogP contribution in [0.15, 0.2) is 12.7 Å². The maximum atomic E-state index is 13.0. The Morgan fingerprint density at radius 1 is 1.62 bits per heavy atom. The molecule has 13 heavy (non-hydrogen) atoms. The molecule has 3 amide bonds. The van der Waals surface area contributed by atoms with Crippen molar-refractivity contribution in [3.05, 3.63) is 12.7 Å². The van der Waals surface area contributed by atoms with Crippen molar-refractivity contribution in [3.8, 4) is 0 Å². The van der Waals surface area contributed by atoms with Crippen LogP contribution >= 0.6 is 0 Å². The topological polar surface area (TPSA) is 67.4 Å². The van der Waals surface area contributed by atoms with Crippen LogP contribution in [0.25, 0.3) is 0 Å². The summed E-state index contributed by atoms with van der Waals surface area (Å²) in [6.07, 6.45) is -1.71. The zero-order chi connectivity index (χ0) is 9.84. The molecule has 0 saturated carbocycles. The van der Waals surface area contributed by atoms with Gasteiger partial charge in [0.2, 0.25) is 6.17 Å². The first-order valence-electron chi connectivity index (χ1n) is 3.63. The summed E-state index contributed by atoms with van der Waals surface area (Å²) >= 11 is 0. The van der Waals surface area contributed by atoms with E-state index >= 15 is 0 Å². The van der Waals surface area contributed by atoms with E-state index in [-0.39, 0.29) is 6.61 Å². The molecule has 0 aromatic carbocycles. The first kappa shape index (κ1) is 9.66. The first-order valence-corrected chi connectivity index (χ1v) is 3.63. The number of imide groups is 1. The largest absolute Gasteiger partial charge is 0.351 e. The van der Waals surface area contributed by atoms with Gasteiger partial charge in [-0.15, -0.1) is 6.58 Å². The molecule has 0 aromatic rings. The highest BCUT2D eigenvalue weighted by Crippen LogP contribution is 2.05. The summed E-state index contributed by atoms with van der Waals surface area (Å²) in [4.78, 5) is 21.4. The maximum Gasteiger partial charge on any atom is 0.323 e. The first-order chi connectivity index (χ1) is 6.15. The van der Waals surface area contributed by atoms with Crippen molar-refractivity contribution in [1.82, 2.24) is 10.6 Å². The van der Waals surface area contributed by atoms with Gasteiger partial charge in [0, 0.05) is 0 Å². The minimum absolute atomic E-state index is 0.0681. The predicted molar refractivity (Wildman–Crippen MR) is 41.5 cm³/mol. The molecule has 72 valence electrons. The molecule has 6 heteroatoms. The summed E-state index contributed by atoms with van der Waals surface area (Å²) in [5, 5.41) is 3.88. The average molecular weight is 188 g/mol. The SMILES string of the molecule is C=CCO[C@@H]1NC(=O)NC(=O)[C@@H]1F. The molecule has 0 aromatic heterocycles. The molecule has 2 N–H and O–H groups in total. The Balaban J connectivity index is 2.55. The predicted octanol–water partition coefficient (Wildman–Crippen LogP) is -0.307. The van der Waals surface area contributed by atoms with Gasteiger partial charge in [-0.25, -0.2) is 9.18 Å². The number of carbonyl (C=O) groups excluding carboxylic acids is 2. The number of hydrogen-bond donors (Lipinski definition) is 2. The Morgan fingerprint density at radius 2 is 2.31 bits per heavy atom. The molecule has 1 heterocycles. The van der Waals surface area contributed by atoms with Crippen LogP contribution in [0, 0.1) is 0 Å². The van der Waals surface area contributed by atoms with E-state index in [2.05, 4.69) is 11.9 Å². The zero-order valence-corrected chi connectivity index (χ0v) is 6.75. The number of amides is 3. The van der Waals surface area contributed by atoms with Crippen LogP contribution in [-0.4, -0.2) is 30.9 Å². The van der Waals surface area contributed by atoms with E-state index < -0.39 is 24.3 Å². The van der Waals surface area contributed by atoms with E-state index in [0.717, 1.165) is 0 Å². The number of urea groups is 1. The van der Waals surface area contributed by atoms with Crippen LogP contribution in [0.3, 0.4) is 0 Å². The van der Waals surface area contributed by atoms with Crippen molar-refractivity contribution in [2.45, 2.75) is 12.4 Å². The molecule has 0 aliphatic carbocycles. The van der Waals surface area contributed by atoms with Crippen molar-refractivity contribution in [1.29, 1.82) is 0 Å². The highest BCUT2D eigenvalue weighted by atomic mass is 19.1. The van der Waals surface area contributed by atoms with Gasteiger partial charge in [-0.1, -0.05) is 6.08 Å². The Morgan fingerprint density at radius 3 is 2.92 bits per heavy atom. The van der Waals surface area contributed by atoms with Gasteiger partial charge < -0.3 is 10.1 Å². The van der Waals surface area contributed by atoms with Gasteiger partial charge >= 0.3 is 6.03 Å². The molecular weight excluding hydrogens is 179 g/mol. The van der Waals surface area contributed by atoms with Gasteiger partial charge in [0.1, 0.15) is 0 Å². The molecule has 1 aliphatic heterocycles. The lowest BCUT2D eigenvalue weighted by atomic mass is 10.3. The molecule has 1 aliphatic rings. The highest BCUT2D eigenvalue weighted by molar-refractivity contribution is 5.99. The number of nitrogens with one attached hydrogen (secondary N) is 2. The maximum absolute atomic E-state index is 13.0. The molecule has 1 saturated heterocycles. The van der Waals surface area contributed by atoms with Crippen LogP contribution < -0.4 is 10.6 Å². The number of rotatable bonds is 3. The third kappa shape index (κ3) is 2.25. The van der Waals surface area contributed by atoms with Crippen molar-refractivity contribution >= 4 is 11.9 Å². The van der Waals surface area contributed by atoms with Gasteiger partial charge in [0.15, 0.2) is 6.23 Å². The molecule has 0 bridgehead atoms. The Labute approximate surface area is 73.9 Å². The second-order valence-electron chi connectivity index (χ2n) is 2.41. The summed E-state index contributed by atoms with van der Waals surface area (Å²) in [6, 6.07) is -0.757. The average Bonchev–Trinajstić information content (AvgIpc) is 2.09. The Bertz CT molecular complexity index is 244. The fourth-order valence-corrected chi connectivity index (χ4v) is 0.855. The van der Waals surface area contributed by atoms with Gasteiger partial charge in [0.05, 0.1) is 6.61 Å². The lowest BCUT2D eigenvalue weighted by Crippen LogP contribution is -2.60. The fraction of sp³-hybridized carbons (Fsp3) is 0.429. The summed E-state index contributed by atoms with van der Waals surface area (Å²) in [7, 11) is 0. The standard InChI is InChI=1S/C7H9FN2O3/c1-2-3-13-6-4(8)5(11)9-7(12)10-6/h2,4,6H,1,3H2,(H2,9,10,11,12)/t4-,6-/m0/s1. The third-order valence-electron chi connectivity index (χ3n) is 1.42. The molecule has 1 rings (SSSR count). The van der Waals surface area contributed by atoms with Gasteiger partial charge in [-0.05, 0) is 0 Å². The summed E-state index contributed by atoms with van der Waals surface area (Å²) in [5.41, 5.74) is 0. The Hall–Kier alpha value is -1.43. The van der Waals surface area contributed by atoms with E-state index in [1.54, 1.807) is 5.32 Å². The van der Waals surface area contributed by atoms with Crippen LogP contribution in [0.1, 0.15) is 0 Å². The smallest absolute Gasteiger partial charge is 0.323 e. The van der Waals surface area contributed by atoms with Crippen LogP contribution in [0.4, 0.5) is 9.18 Å². The molecule has 1 fully saturated rings. The second kappa shape index (κ2) is 3.99. The fourth-order valence-electron chi connectivity index (χ4n) is 0.855. The normalized spacial score (nSPS) is 27.8. The van der Waals surface area contributed by atoms with Crippen LogP contribution in [0.5, 0.6) is 0 Å². The molecular formula is C7H9FN2O3. The lowest BCUT2D eigenvalue weighted by Gasteiger charge is -2.25. The quantitative estimate of drug-likeness (QED) is 0.597. The van der Waals surface area contributed by atoms with E-state index in [0.29, 0.717) is 0 Å². The zero-order valence-electron chi connectivity index (χ0n) is 6.75. The number of alkyl halides is 1. The van der Waals surface area contributed by atoms with Crippen molar-refractivity contribution in [2.24, 2.45) is 0 Å². The highest BCUT2D eigenvalue weighted by Gasteiger charge is 2.35. The Kier molecular flexibility index (Phi) is 2.97. The van der Waals surface area contributed by atoms with E-state index in [1.807, 2.05) is 0 Å². The summed E-state index contributed by atoms with van der Waals surface area (Å²) < 4.78 is 17.8. The van der Waals surface area contributed by atoms with Crippen molar-refractivity contribution in [2.75, 3.05) is 6.61 Å². The van der Waals surface area contributed by atoms with Crippen molar-refractivity contribution in [3.63, 3.8) is 0 Å². The minimum atomic E-state index is -1.88. The molecule has 2 atom stereocenters. The van der Waals surface area contributed by atoms with Crippen molar-refractivity contribution < 1.29 is 18.7 Å². The minimum Gasteiger partial charge on any atom is -0.351 e. The van der Waals surface area contributed by atoms with Crippen LogP contribution in [0.2, 0.25) is 0 Å². The summed E-state index contributed by atoms with van der Waals surface area (Å²) in [5.74, 6) is -0.988. The summed E-state index contributed by atoms with van der Waals surface area (Å²) in [6.45, 7) is 3.42. The number of carbonyl (C=O) groups is 2. The number of halogens is 1. The van der Waals surface area contributed by atoms with E-state index in [9.17, 15) is 14.0 Å². The van der Waals surface area contributed by atoms with E-state index in [4.69, 9.17) is 4.74 Å². The van der Waals surface area contributed by atoms with Crippen LogP contribution in [-0.2, 0) is 9.53 Å².